The van der Waals surface area contributed by atoms with Crippen LogP contribution in [0.1, 0.15) is 0 Å². The molecule has 0 radical (unpaired) electrons. The maximum Gasteiger partial charge on any atom is 0.274 e. The smallest absolute Gasteiger partial charge is 0.274 e. The minimum absolute atomic E-state index is 0.544. The fourth-order valence-electron chi connectivity index (χ4n) is 1.03. The van der Waals surface area contributed by atoms with E-state index in [4.69, 9.17) is 22.1 Å². The SMILES string of the molecule is COc1nc2cc(N)c(Cl)cc2s1. The number of nitrogens with two attached hydrogens (primary N) is 1. The Labute approximate surface area is 84.1 Å². The molecule has 1 aromatic carbocycles. The predicted molar refractivity (Wildman–Crippen MR) is 55.6 cm³/mol. The molecule has 0 spiro atoms. The number of rotatable bonds is 1. The molecule has 2 N–H and O–H groups in total. The van der Waals surface area contributed by atoms with Crippen molar-refractivity contribution >= 4 is 38.8 Å². The maximum atomic E-state index is 5.85. The van der Waals surface area contributed by atoms with E-state index in [0.29, 0.717) is 15.9 Å². The first-order valence-electron chi connectivity index (χ1n) is 3.60. The molecule has 3 nitrogen and oxygen atoms in total. The van der Waals surface area contributed by atoms with Gasteiger partial charge in [0.1, 0.15) is 0 Å². The first kappa shape index (κ1) is 8.59. The first-order valence-corrected chi connectivity index (χ1v) is 4.79. The highest BCUT2D eigenvalue weighted by molar-refractivity contribution is 7.20. The lowest BCUT2D eigenvalue weighted by Crippen LogP contribution is -1.85. The summed E-state index contributed by atoms with van der Waals surface area (Å²) in [6.07, 6.45) is 0. The quantitative estimate of drug-likeness (QED) is 0.743. The van der Waals surface area contributed by atoms with Gasteiger partial charge in [0.15, 0.2) is 0 Å². The van der Waals surface area contributed by atoms with Gasteiger partial charge in [-0.2, -0.15) is 0 Å². The van der Waals surface area contributed by atoms with Crippen LogP contribution in [0.15, 0.2) is 12.1 Å². The molecule has 2 rings (SSSR count). The molecule has 0 unspecified atom stereocenters. The number of methoxy groups -OCH3 is 1. The van der Waals surface area contributed by atoms with Crippen LogP contribution in [0.25, 0.3) is 10.2 Å². The Bertz CT molecular complexity index is 416. The Hall–Kier alpha value is -1.000. The molecule has 68 valence electrons. The van der Waals surface area contributed by atoms with Gasteiger partial charge in [0.25, 0.3) is 5.19 Å². The molecule has 5 heteroatoms. The number of hydrogen-bond donors (Lipinski definition) is 1. The Morgan fingerprint density at radius 1 is 1.54 bits per heavy atom. The minimum atomic E-state index is 0.544. The number of aromatic nitrogens is 1. The van der Waals surface area contributed by atoms with Crippen molar-refractivity contribution in [1.29, 1.82) is 0 Å². The summed E-state index contributed by atoms with van der Waals surface area (Å²) in [5.74, 6) is 0. The summed E-state index contributed by atoms with van der Waals surface area (Å²) < 4.78 is 5.98. The number of nitrogen functional groups attached to an aromatic ring is 1. The number of fused-ring (bicyclic) bond motifs is 1. The summed E-state index contributed by atoms with van der Waals surface area (Å²) >= 11 is 7.30. The molecule has 0 aliphatic carbocycles. The molecule has 0 fully saturated rings. The van der Waals surface area contributed by atoms with Crippen LogP contribution >= 0.6 is 22.9 Å². The van der Waals surface area contributed by atoms with E-state index >= 15 is 0 Å². The van der Waals surface area contributed by atoms with Crippen molar-refractivity contribution in [2.75, 3.05) is 12.8 Å². The lowest BCUT2D eigenvalue weighted by atomic mass is 10.3. The fourth-order valence-corrected chi connectivity index (χ4v) is 2.06. The minimum Gasteiger partial charge on any atom is -0.473 e. The second kappa shape index (κ2) is 3.05. The third-order valence-corrected chi connectivity index (χ3v) is 2.97. The Morgan fingerprint density at radius 3 is 3.00 bits per heavy atom. The average Bonchev–Trinajstić information content (AvgIpc) is 2.48. The molecule has 0 amide bonds. The molecule has 1 aromatic heterocycles. The normalized spacial score (nSPS) is 10.6. The van der Waals surface area contributed by atoms with Gasteiger partial charge < -0.3 is 10.5 Å². The third-order valence-electron chi connectivity index (χ3n) is 1.66. The van der Waals surface area contributed by atoms with Gasteiger partial charge in [0.2, 0.25) is 0 Å². The maximum absolute atomic E-state index is 5.85. The highest BCUT2D eigenvalue weighted by Gasteiger charge is 2.06. The van der Waals surface area contributed by atoms with E-state index in [2.05, 4.69) is 4.98 Å². The Kier molecular flexibility index (Phi) is 2.01. The standard InChI is InChI=1S/C8H7ClN2OS/c1-12-8-11-6-3-5(10)4(9)2-7(6)13-8/h2-3H,10H2,1H3. The van der Waals surface area contributed by atoms with E-state index in [-0.39, 0.29) is 0 Å². The van der Waals surface area contributed by atoms with Crippen LogP contribution in [0.4, 0.5) is 5.69 Å². The van der Waals surface area contributed by atoms with E-state index in [0.717, 1.165) is 10.2 Å². The zero-order chi connectivity index (χ0) is 9.42. The van der Waals surface area contributed by atoms with Crippen molar-refractivity contribution in [3.63, 3.8) is 0 Å². The van der Waals surface area contributed by atoms with Crippen LogP contribution in [0.5, 0.6) is 5.19 Å². The number of ether oxygens (including phenoxy) is 1. The summed E-state index contributed by atoms with van der Waals surface area (Å²) in [7, 11) is 1.59. The highest BCUT2D eigenvalue weighted by Crippen LogP contribution is 2.32. The lowest BCUT2D eigenvalue weighted by Gasteiger charge is -1.94. The summed E-state index contributed by atoms with van der Waals surface area (Å²) in [4.78, 5) is 4.19. The zero-order valence-electron chi connectivity index (χ0n) is 6.87. The van der Waals surface area contributed by atoms with Crippen LogP contribution < -0.4 is 10.5 Å². The highest BCUT2D eigenvalue weighted by atomic mass is 35.5. The van der Waals surface area contributed by atoms with Crippen molar-refractivity contribution in [1.82, 2.24) is 4.98 Å². The van der Waals surface area contributed by atoms with E-state index in [1.54, 1.807) is 19.2 Å². The topological polar surface area (TPSA) is 48.1 Å². The summed E-state index contributed by atoms with van der Waals surface area (Å²) in [6.45, 7) is 0. The van der Waals surface area contributed by atoms with Crippen LogP contribution in [0.3, 0.4) is 0 Å². The number of benzene rings is 1. The zero-order valence-corrected chi connectivity index (χ0v) is 8.45. The van der Waals surface area contributed by atoms with Crippen LogP contribution in [0.2, 0.25) is 5.02 Å². The van der Waals surface area contributed by atoms with E-state index in [1.807, 2.05) is 0 Å². The van der Waals surface area contributed by atoms with Crippen molar-refractivity contribution in [2.45, 2.75) is 0 Å². The third kappa shape index (κ3) is 1.43. The van der Waals surface area contributed by atoms with Crippen molar-refractivity contribution in [3.05, 3.63) is 17.2 Å². The van der Waals surface area contributed by atoms with E-state index < -0.39 is 0 Å². The van der Waals surface area contributed by atoms with Gasteiger partial charge in [-0.3, -0.25) is 0 Å². The van der Waals surface area contributed by atoms with Gasteiger partial charge in [-0.05, 0) is 12.1 Å². The summed E-state index contributed by atoms with van der Waals surface area (Å²) in [6, 6.07) is 3.54. The second-order valence-corrected chi connectivity index (χ2v) is 3.93. The van der Waals surface area contributed by atoms with E-state index in [1.165, 1.54) is 11.3 Å². The lowest BCUT2D eigenvalue weighted by molar-refractivity contribution is 0.413. The van der Waals surface area contributed by atoms with Crippen LogP contribution in [-0.4, -0.2) is 12.1 Å². The summed E-state index contributed by atoms with van der Waals surface area (Å²) in [5, 5.41) is 1.18. The van der Waals surface area contributed by atoms with Gasteiger partial charge in [-0.25, -0.2) is 4.98 Å². The molecule has 0 bridgehead atoms. The molecular formula is C8H7ClN2OS. The molecule has 0 aliphatic heterocycles. The fraction of sp³-hybridized carbons (Fsp3) is 0.125. The van der Waals surface area contributed by atoms with Gasteiger partial charge in [0, 0.05) is 0 Å². The molecular weight excluding hydrogens is 208 g/mol. The molecule has 2 aromatic rings. The number of hydrogen-bond acceptors (Lipinski definition) is 4. The van der Waals surface area contributed by atoms with Gasteiger partial charge in [-0.15, -0.1) is 0 Å². The van der Waals surface area contributed by atoms with Crippen LogP contribution in [0, 0.1) is 0 Å². The number of anilines is 1. The molecule has 0 aliphatic rings. The number of halogens is 1. The average molecular weight is 215 g/mol. The first-order chi connectivity index (χ1) is 6.20. The molecule has 0 saturated carbocycles. The van der Waals surface area contributed by atoms with Gasteiger partial charge >= 0.3 is 0 Å². The Morgan fingerprint density at radius 2 is 2.31 bits per heavy atom. The number of thiazole rings is 1. The van der Waals surface area contributed by atoms with E-state index in [9.17, 15) is 0 Å². The molecule has 13 heavy (non-hydrogen) atoms. The summed E-state index contributed by atoms with van der Waals surface area (Å²) in [5.41, 5.74) is 7.00. The Balaban J connectivity index is 2.70. The van der Waals surface area contributed by atoms with Crippen molar-refractivity contribution < 1.29 is 4.74 Å². The van der Waals surface area contributed by atoms with Crippen molar-refractivity contribution in [3.8, 4) is 5.19 Å². The van der Waals surface area contributed by atoms with Gasteiger partial charge in [0.05, 0.1) is 28.0 Å². The van der Waals surface area contributed by atoms with Gasteiger partial charge in [-0.1, -0.05) is 22.9 Å². The van der Waals surface area contributed by atoms with Crippen molar-refractivity contribution in [2.24, 2.45) is 0 Å². The molecule has 0 atom stereocenters. The predicted octanol–water partition coefficient (Wildman–Crippen LogP) is 2.54. The second-order valence-electron chi connectivity index (χ2n) is 2.53. The number of nitrogens with zero attached hydrogens (tertiary/aromatic N) is 1. The largest absolute Gasteiger partial charge is 0.473 e. The molecule has 0 saturated heterocycles. The molecule has 1 heterocycles. The van der Waals surface area contributed by atoms with Crippen LogP contribution in [-0.2, 0) is 0 Å². The monoisotopic (exact) mass is 214 g/mol.